The van der Waals surface area contributed by atoms with Gasteiger partial charge in [0.05, 0.1) is 21.4 Å². The fourth-order valence-corrected chi connectivity index (χ4v) is 7.41. The Morgan fingerprint density at radius 2 is 1.08 bits per heavy atom. The molecule has 0 aliphatic carbocycles. The maximum atomic E-state index is 6.07. The zero-order valence-corrected chi connectivity index (χ0v) is 21.7. The molecular formula is C36H21NOS. The lowest BCUT2D eigenvalue weighted by atomic mass is 10.0. The van der Waals surface area contributed by atoms with E-state index < -0.39 is 0 Å². The number of fused-ring (bicyclic) bond motifs is 9. The number of benzene rings is 6. The summed E-state index contributed by atoms with van der Waals surface area (Å²) in [6, 6.07) is 45.9. The highest BCUT2D eigenvalue weighted by atomic mass is 32.1. The van der Waals surface area contributed by atoms with Crippen LogP contribution in [0, 0.1) is 0 Å². The van der Waals surface area contributed by atoms with E-state index in [9.17, 15) is 0 Å². The molecule has 0 unspecified atom stereocenters. The quantitative estimate of drug-likeness (QED) is 0.224. The van der Waals surface area contributed by atoms with Gasteiger partial charge >= 0.3 is 0 Å². The highest BCUT2D eigenvalue weighted by molar-refractivity contribution is 7.26. The number of hydrogen-bond donors (Lipinski definition) is 0. The lowest BCUT2D eigenvalue weighted by Crippen LogP contribution is -1.93. The highest BCUT2D eigenvalue weighted by Gasteiger charge is 2.16. The van der Waals surface area contributed by atoms with Gasteiger partial charge in [-0.3, -0.25) is 0 Å². The van der Waals surface area contributed by atoms with Crippen LogP contribution in [0.4, 0.5) is 0 Å². The minimum absolute atomic E-state index is 0.929. The van der Waals surface area contributed by atoms with Crippen LogP contribution in [-0.2, 0) is 0 Å². The molecule has 0 saturated heterocycles. The molecule has 0 N–H and O–H groups in total. The third-order valence-corrected chi connectivity index (χ3v) is 9.22. The monoisotopic (exact) mass is 515 g/mol. The Hall–Kier alpha value is -4.86. The largest absolute Gasteiger partial charge is 0.456 e. The molecule has 182 valence electrons. The standard InChI is InChI=1S/C36H21NOS/c1-4-12-30-24(8-1)25-9-2-5-13-31(25)37(30)32-14-7-11-27-29-21-23(17-19-35(29)39-36(27)32)22-16-18-34-28(20-22)26-10-3-6-15-33(26)38-34/h1-21H. The lowest BCUT2D eigenvalue weighted by Gasteiger charge is -2.09. The second-order valence-corrected chi connectivity index (χ2v) is 11.2. The smallest absolute Gasteiger partial charge is 0.135 e. The van der Waals surface area contributed by atoms with E-state index in [4.69, 9.17) is 4.42 Å². The van der Waals surface area contributed by atoms with Gasteiger partial charge in [-0.05, 0) is 59.7 Å². The number of hydrogen-bond acceptors (Lipinski definition) is 2. The molecule has 0 atom stereocenters. The maximum Gasteiger partial charge on any atom is 0.135 e. The molecule has 0 aliphatic rings. The van der Waals surface area contributed by atoms with Crippen LogP contribution in [-0.4, -0.2) is 4.57 Å². The second-order valence-electron chi connectivity index (χ2n) is 10.1. The number of aromatic nitrogens is 1. The van der Waals surface area contributed by atoms with Crippen molar-refractivity contribution in [1.29, 1.82) is 0 Å². The predicted octanol–water partition coefficient (Wildman–Crippen LogP) is 10.7. The van der Waals surface area contributed by atoms with Gasteiger partial charge in [-0.1, -0.05) is 78.9 Å². The van der Waals surface area contributed by atoms with Crippen molar-refractivity contribution >= 4 is 75.3 Å². The minimum atomic E-state index is 0.929. The van der Waals surface area contributed by atoms with Crippen molar-refractivity contribution in [1.82, 2.24) is 4.57 Å². The van der Waals surface area contributed by atoms with Crippen LogP contribution in [0.5, 0.6) is 0 Å². The van der Waals surface area contributed by atoms with Crippen molar-refractivity contribution in [3.63, 3.8) is 0 Å². The lowest BCUT2D eigenvalue weighted by molar-refractivity contribution is 0.669. The van der Waals surface area contributed by atoms with Crippen molar-refractivity contribution in [2.75, 3.05) is 0 Å². The molecular weight excluding hydrogens is 494 g/mol. The number of thiophene rings is 1. The third-order valence-electron chi connectivity index (χ3n) is 8.01. The fourth-order valence-electron chi connectivity index (χ4n) is 6.23. The summed E-state index contributed by atoms with van der Waals surface area (Å²) in [7, 11) is 0. The van der Waals surface area contributed by atoms with Gasteiger partial charge in [-0.2, -0.15) is 0 Å². The Morgan fingerprint density at radius 3 is 1.87 bits per heavy atom. The maximum absolute atomic E-state index is 6.07. The summed E-state index contributed by atoms with van der Waals surface area (Å²) < 4.78 is 11.1. The van der Waals surface area contributed by atoms with Crippen LogP contribution in [0.15, 0.2) is 132 Å². The molecule has 0 aliphatic heterocycles. The van der Waals surface area contributed by atoms with Gasteiger partial charge in [0.15, 0.2) is 0 Å². The molecule has 3 heterocycles. The summed E-state index contributed by atoms with van der Waals surface area (Å²) in [6.07, 6.45) is 0. The van der Waals surface area contributed by atoms with Crippen LogP contribution >= 0.6 is 11.3 Å². The SMILES string of the molecule is c1ccc2c(c1)oc1ccc(-c3ccc4sc5c(-n6c7ccccc7c7ccccc76)cccc5c4c3)cc12. The minimum Gasteiger partial charge on any atom is -0.456 e. The van der Waals surface area contributed by atoms with E-state index in [-0.39, 0.29) is 0 Å². The van der Waals surface area contributed by atoms with E-state index in [1.54, 1.807) is 0 Å². The average Bonchev–Trinajstić information content (AvgIpc) is 3.66. The van der Waals surface area contributed by atoms with E-state index in [1.807, 2.05) is 23.5 Å². The van der Waals surface area contributed by atoms with Crippen LogP contribution in [0.1, 0.15) is 0 Å². The Kier molecular flexibility index (Phi) is 4.24. The average molecular weight is 516 g/mol. The van der Waals surface area contributed by atoms with Crippen molar-refractivity contribution < 1.29 is 4.42 Å². The van der Waals surface area contributed by atoms with Gasteiger partial charge in [-0.25, -0.2) is 0 Å². The summed E-state index contributed by atoms with van der Waals surface area (Å²) in [4.78, 5) is 0. The molecule has 0 saturated carbocycles. The van der Waals surface area contributed by atoms with Gasteiger partial charge < -0.3 is 8.98 Å². The molecule has 2 nitrogen and oxygen atoms in total. The van der Waals surface area contributed by atoms with Gasteiger partial charge in [0.1, 0.15) is 11.2 Å². The Bertz CT molecular complexity index is 2350. The summed E-state index contributed by atoms with van der Waals surface area (Å²) in [5.74, 6) is 0. The summed E-state index contributed by atoms with van der Waals surface area (Å²) in [5.41, 5.74) is 8.00. The summed E-state index contributed by atoms with van der Waals surface area (Å²) in [5, 5.41) is 7.49. The van der Waals surface area contributed by atoms with Gasteiger partial charge in [-0.15, -0.1) is 11.3 Å². The van der Waals surface area contributed by atoms with E-state index in [1.165, 1.54) is 58.8 Å². The number of para-hydroxylation sites is 3. The Balaban J connectivity index is 1.28. The van der Waals surface area contributed by atoms with Gasteiger partial charge in [0.25, 0.3) is 0 Å². The van der Waals surface area contributed by atoms with Gasteiger partial charge in [0.2, 0.25) is 0 Å². The van der Waals surface area contributed by atoms with Crippen LogP contribution in [0.2, 0.25) is 0 Å². The first-order chi connectivity index (χ1) is 19.3. The molecule has 0 bridgehead atoms. The van der Waals surface area contributed by atoms with Crippen LogP contribution in [0.3, 0.4) is 0 Å². The molecule has 9 aromatic rings. The predicted molar refractivity (Wildman–Crippen MR) is 166 cm³/mol. The normalized spacial score (nSPS) is 12.1. The topological polar surface area (TPSA) is 18.1 Å². The fraction of sp³-hybridized carbons (Fsp3) is 0. The first-order valence-electron chi connectivity index (χ1n) is 13.2. The molecule has 0 amide bonds. The second kappa shape index (κ2) is 7.83. The zero-order valence-electron chi connectivity index (χ0n) is 20.9. The molecule has 3 aromatic heterocycles. The van der Waals surface area contributed by atoms with Gasteiger partial charge in [0, 0.05) is 37.0 Å². The number of rotatable bonds is 2. The van der Waals surface area contributed by atoms with Crippen LogP contribution < -0.4 is 0 Å². The Labute approximate surface area is 227 Å². The molecule has 0 radical (unpaired) electrons. The van der Waals surface area contributed by atoms with Crippen molar-refractivity contribution in [2.24, 2.45) is 0 Å². The number of furan rings is 1. The third kappa shape index (κ3) is 2.96. The zero-order chi connectivity index (χ0) is 25.5. The van der Waals surface area contributed by atoms with E-state index in [0.717, 1.165) is 21.9 Å². The molecule has 0 fully saturated rings. The molecule has 3 heteroatoms. The summed E-state index contributed by atoms with van der Waals surface area (Å²) >= 11 is 1.88. The Morgan fingerprint density at radius 1 is 0.462 bits per heavy atom. The van der Waals surface area contributed by atoms with Crippen molar-refractivity contribution in [3.05, 3.63) is 127 Å². The van der Waals surface area contributed by atoms with Crippen LogP contribution in [0.25, 0.3) is 80.7 Å². The molecule has 6 aromatic carbocycles. The van der Waals surface area contributed by atoms with E-state index in [0.29, 0.717) is 0 Å². The van der Waals surface area contributed by atoms with Crippen molar-refractivity contribution in [2.45, 2.75) is 0 Å². The first-order valence-corrected chi connectivity index (χ1v) is 14.0. The summed E-state index contributed by atoms with van der Waals surface area (Å²) in [6.45, 7) is 0. The first kappa shape index (κ1) is 21.1. The molecule has 0 spiro atoms. The molecule has 9 rings (SSSR count). The number of nitrogens with zero attached hydrogens (tertiary/aromatic N) is 1. The molecule has 39 heavy (non-hydrogen) atoms. The highest BCUT2D eigenvalue weighted by Crippen LogP contribution is 2.42. The van der Waals surface area contributed by atoms with Crippen molar-refractivity contribution in [3.8, 4) is 16.8 Å². The van der Waals surface area contributed by atoms with E-state index in [2.05, 4.69) is 120 Å². The van der Waals surface area contributed by atoms with E-state index >= 15 is 0 Å².